The van der Waals surface area contributed by atoms with Crippen LogP contribution in [-0.4, -0.2) is 39.4 Å². The number of ether oxygens (including phenoxy) is 2. The van der Waals surface area contributed by atoms with Gasteiger partial charge < -0.3 is 14.8 Å². The second kappa shape index (κ2) is 14.4. The smallest absolute Gasteiger partial charge is 0.414 e. The average Bonchev–Trinajstić information content (AvgIpc) is 3.08. The van der Waals surface area contributed by atoms with Crippen LogP contribution in [0.5, 0.6) is 5.75 Å². The van der Waals surface area contributed by atoms with Crippen molar-refractivity contribution in [3.05, 3.63) is 46.0 Å². The molecule has 1 N–H and O–H groups in total. The standard InChI is InChI=1S/C24H33BrN2O3.C2H6/c1-3-29-23-21(17-19-12-14-26-15-13-20(19)22(23)25)27(2)24(28)30-16-8-7-11-18-9-5-4-6-10-18;1-2/h4-6,9,17-18,26H,3,7-8,10-16H2,1-2H3;1-2H3. The Labute approximate surface area is 202 Å². The fraction of sp³-hybridized carbons (Fsp3) is 0.577. The van der Waals surface area contributed by atoms with Gasteiger partial charge in [-0.05, 0) is 97.6 Å². The van der Waals surface area contributed by atoms with Crippen molar-refractivity contribution in [2.75, 3.05) is 38.3 Å². The number of anilines is 1. The van der Waals surface area contributed by atoms with Crippen molar-refractivity contribution < 1.29 is 14.3 Å². The molecule has 0 spiro atoms. The molecule has 178 valence electrons. The maximum Gasteiger partial charge on any atom is 0.414 e. The zero-order valence-corrected chi connectivity index (χ0v) is 21.7. The van der Waals surface area contributed by atoms with E-state index in [4.69, 9.17) is 9.47 Å². The van der Waals surface area contributed by atoms with Crippen LogP contribution in [0.1, 0.15) is 57.6 Å². The number of hydrogen-bond acceptors (Lipinski definition) is 4. The molecule has 0 radical (unpaired) electrons. The normalized spacial score (nSPS) is 17.0. The molecule has 2 aliphatic rings. The van der Waals surface area contributed by atoms with Crippen LogP contribution in [0.15, 0.2) is 34.8 Å². The molecule has 1 unspecified atom stereocenters. The summed E-state index contributed by atoms with van der Waals surface area (Å²) in [5.41, 5.74) is 3.27. The van der Waals surface area contributed by atoms with E-state index >= 15 is 0 Å². The Kier molecular flexibility index (Phi) is 11.9. The van der Waals surface area contributed by atoms with Gasteiger partial charge in [-0.25, -0.2) is 4.79 Å². The molecule has 1 heterocycles. The fourth-order valence-corrected chi connectivity index (χ4v) is 4.77. The lowest BCUT2D eigenvalue weighted by molar-refractivity contribution is 0.152. The van der Waals surface area contributed by atoms with E-state index in [0.717, 1.165) is 67.5 Å². The van der Waals surface area contributed by atoms with Gasteiger partial charge in [0.1, 0.15) is 0 Å². The van der Waals surface area contributed by atoms with Crippen LogP contribution in [0.3, 0.4) is 0 Å². The highest BCUT2D eigenvalue weighted by molar-refractivity contribution is 9.10. The second-order valence-corrected chi connectivity index (χ2v) is 8.63. The Morgan fingerprint density at radius 1 is 1.22 bits per heavy atom. The minimum absolute atomic E-state index is 0.338. The Balaban J connectivity index is 0.00000176. The molecular formula is C26H39BrN2O3. The lowest BCUT2D eigenvalue weighted by Crippen LogP contribution is -2.28. The number of fused-ring (bicyclic) bond motifs is 1. The first-order valence-corrected chi connectivity index (χ1v) is 12.8. The Bertz CT molecular complexity index is 792. The number of carbonyl (C=O) groups excluding carboxylic acids is 1. The van der Waals surface area contributed by atoms with Gasteiger partial charge in [0, 0.05) is 7.05 Å². The third-order valence-corrected chi connectivity index (χ3v) is 6.55. The third-order valence-electron chi connectivity index (χ3n) is 5.71. The van der Waals surface area contributed by atoms with Gasteiger partial charge >= 0.3 is 6.09 Å². The first-order chi connectivity index (χ1) is 15.6. The molecule has 0 fully saturated rings. The van der Waals surface area contributed by atoms with Crippen molar-refractivity contribution in [1.29, 1.82) is 0 Å². The minimum Gasteiger partial charge on any atom is -0.490 e. The van der Waals surface area contributed by atoms with E-state index in [1.807, 2.05) is 20.8 Å². The average molecular weight is 508 g/mol. The molecule has 1 aromatic rings. The van der Waals surface area contributed by atoms with Crippen LogP contribution in [-0.2, 0) is 17.6 Å². The molecule has 1 aromatic carbocycles. The number of nitrogens with zero attached hydrogens (tertiary/aromatic N) is 1. The van der Waals surface area contributed by atoms with Crippen molar-refractivity contribution in [1.82, 2.24) is 5.32 Å². The van der Waals surface area contributed by atoms with Crippen molar-refractivity contribution in [2.24, 2.45) is 5.92 Å². The van der Waals surface area contributed by atoms with Crippen molar-refractivity contribution in [2.45, 2.75) is 59.3 Å². The largest absolute Gasteiger partial charge is 0.490 e. The monoisotopic (exact) mass is 506 g/mol. The second-order valence-electron chi connectivity index (χ2n) is 7.84. The lowest BCUT2D eigenvalue weighted by atomic mass is 9.95. The molecule has 0 bridgehead atoms. The number of carbonyl (C=O) groups is 1. The summed E-state index contributed by atoms with van der Waals surface area (Å²) in [6.45, 7) is 8.82. The SMILES string of the molecule is CC.CCOc1c(N(C)C(=O)OCCCCC2C=CC=CC2)cc2c(c1Br)CCNCC2. The zero-order valence-electron chi connectivity index (χ0n) is 20.1. The number of halogens is 1. The maximum atomic E-state index is 12.7. The molecule has 1 amide bonds. The number of nitrogens with one attached hydrogen (secondary N) is 1. The first kappa shape index (κ1) is 26.5. The molecule has 1 aliphatic carbocycles. The molecule has 32 heavy (non-hydrogen) atoms. The van der Waals surface area contributed by atoms with Gasteiger partial charge in [-0.3, -0.25) is 4.90 Å². The van der Waals surface area contributed by atoms with E-state index < -0.39 is 0 Å². The number of benzene rings is 1. The van der Waals surface area contributed by atoms with Gasteiger partial charge in [0.2, 0.25) is 0 Å². The molecule has 0 saturated carbocycles. The highest BCUT2D eigenvalue weighted by Crippen LogP contribution is 2.41. The molecule has 1 aliphatic heterocycles. The summed E-state index contributed by atoms with van der Waals surface area (Å²) in [5, 5.41) is 3.43. The van der Waals surface area contributed by atoms with Crippen LogP contribution >= 0.6 is 15.9 Å². The molecule has 0 aromatic heterocycles. The molecule has 0 saturated heterocycles. The molecule has 1 atom stereocenters. The van der Waals surface area contributed by atoms with Crippen molar-refractivity contribution >= 4 is 27.7 Å². The van der Waals surface area contributed by atoms with Crippen LogP contribution in [0.4, 0.5) is 10.5 Å². The van der Waals surface area contributed by atoms with E-state index in [1.54, 1.807) is 11.9 Å². The number of allylic oxidation sites excluding steroid dienone is 4. The topological polar surface area (TPSA) is 50.8 Å². The van der Waals surface area contributed by atoms with Crippen LogP contribution in [0.2, 0.25) is 0 Å². The molecule has 6 heteroatoms. The van der Waals surface area contributed by atoms with E-state index in [1.165, 1.54) is 11.1 Å². The number of unbranched alkanes of at least 4 members (excludes halogenated alkanes) is 1. The number of hydrogen-bond donors (Lipinski definition) is 1. The van der Waals surface area contributed by atoms with Gasteiger partial charge in [0.15, 0.2) is 5.75 Å². The highest BCUT2D eigenvalue weighted by atomic mass is 79.9. The van der Waals surface area contributed by atoms with Gasteiger partial charge in [0.05, 0.1) is 23.4 Å². The summed E-state index contributed by atoms with van der Waals surface area (Å²) in [4.78, 5) is 14.3. The lowest BCUT2D eigenvalue weighted by Gasteiger charge is -2.24. The predicted octanol–water partition coefficient (Wildman–Crippen LogP) is 6.44. The quantitative estimate of drug-likeness (QED) is 0.412. The molecule has 3 rings (SSSR count). The maximum absolute atomic E-state index is 12.7. The zero-order chi connectivity index (χ0) is 23.3. The summed E-state index contributed by atoms with van der Waals surface area (Å²) in [6.07, 6.45) is 14.4. The summed E-state index contributed by atoms with van der Waals surface area (Å²) in [6, 6.07) is 2.09. The number of rotatable bonds is 8. The van der Waals surface area contributed by atoms with Crippen molar-refractivity contribution in [3.8, 4) is 5.75 Å². The van der Waals surface area contributed by atoms with Crippen LogP contribution < -0.4 is 15.0 Å². The van der Waals surface area contributed by atoms with Crippen LogP contribution in [0, 0.1) is 5.92 Å². The Morgan fingerprint density at radius 2 is 2.00 bits per heavy atom. The summed E-state index contributed by atoms with van der Waals surface area (Å²) < 4.78 is 12.4. The Hall–Kier alpha value is -1.79. The molecular weight excluding hydrogens is 468 g/mol. The van der Waals surface area contributed by atoms with Crippen LogP contribution in [0.25, 0.3) is 0 Å². The summed E-state index contributed by atoms with van der Waals surface area (Å²) in [5.74, 6) is 1.34. The summed E-state index contributed by atoms with van der Waals surface area (Å²) >= 11 is 3.74. The predicted molar refractivity (Wildman–Crippen MR) is 137 cm³/mol. The van der Waals surface area contributed by atoms with Gasteiger partial charge in [-0.2, -0.15) is 0 Å². The summed E-state index contributed by atoms with van der Waals surface area (Å²) in [7, 11) is 1.76. The van der Waals surface area contributed by atoms with E-state index in [-0.39, 0.29) is 6.09 Å². The highest BCUT2D eigenvalue weighted by Gasteiger charge is 2.24. The van der Waals surface area contributed by atoms with Gasteiger partial charge in [0.25, 0.3) is 0 Å². The van der Waals surface area contributed by atoms with E-state index in [9.17, 15) is 4.79 Å². The fourth-order valence-electron chi connectivity index (χ4n) is 4.00. The van der Waals surface area contributed by atoms with E-state index in [2.05, 4.69) is 51.6 Å². The minimum atomic E-state index is -0.338. The number of amides is 1. The first-order valence-electron chi connectivity index (χ1n) is 12.0. The van der Waals surface area contributed by atoms with Crippen molar-refractivity contribution in [3.63, 3.8) is 0 Å². The molecule has 5 nitrogen and oxygen atoms in total. The van der Waals surface area contributed by atoms with Gasteiger partial charge in [-0.15, -0.1) is 0 Å². The Morgan fingerprint density at radius 3 is 2.72 bits per heavy atom. The van der Waals surface area contributed by atoms with Gasteiger partial charge in [-0.1, -0.05) is 38.2 Å². The third kappa shape index (κ3) is 7.38. The van der Waals surface area contributed by atoms with E-state index in [0.29, 0.717) is 19.1 Å².